The van der Waals surface area contributed by atoms with E-state index < -0.39 is 0 Å². The van der Waals surface area contributed by atoms with Gasteiger partial charge in [-0.1, -0.05) is 12.1 Å². The van der Waals surface area contributed by atoms with Crippen molar-refractivity contribution in [1.82, 2.24) is 25.1 Å². The molecule has 0 atom stereocenters. The number of guanidine groups is 1. The van der Waals surface area contributed by atoms with Crippen molar-refractivity contribution in [2.75, 3.05) is 45.9 Å². The number of imidazole rings is 1. The van der Waals surface area contributed by atoms with E-state index in [1.165, 1.54) is 0 Å². The highest BCUT2D eigenvalue weighted by Gasteiger charge is 2.10. The van der Waals surface area contributed by atoms with Gasteiger partial charge in [-0.3, -0.25) is 4.90 Å². The lowest BCUT2D eigenvalue weighted by Gasteiger charge is -2.26. The van der Waals surface area contributed by atoms with Gasteiger partial charge in [0.2, 0.25) is 0 Å². The summed E-state index contributed by atoms with van der Waals surface area (Å²) in [4.78, 5) is 11.8. The summed E-state index contributed by atoms with van der Waals surface area (Å²) in [5, 5.41) is 6.74. The quantitative estimate of drug-likeness (QED) is 0.444. The maximum atomic E-state index is 5.39. The van der Waals surface area contributed by atoms with Gasteiger partial charge in [0.25, 0.3) is 0 Å². The van der Waals surface area contributed by atoms with Crippen LogP contribution in [-0.4, -0.2) is 66.3 Å². The van der Waals surface area contributed by atoms with Crippen molar-refractivity contribution < 1.29 is 4.74 Å². The molecule has 0 radical (unpaired) electrons. The summed E-state index contributed by atoms with van der Waals surface area (Å²) in [6.45, 7) is 9.29. The fraction of sp³-hybridized carbons (Fsp3) is 0.579. The minimum absolute atomic E-state index is 0.560. The molecule has 1 aliphatic heterocycles. The van der Waals surface area contributed by atoms with E-state index in [1.807, 2.05) is 25.2 Å². The Balaban J connectivity index is 1.51. The molecule has 7 nitrogen and oxygen atoms in total. The number of para-hydroxylation sites is 2. The summed E-state index contributed by atoms with van der Waals surface area (Å²) >= 11 is 0. The Bertz CT molecular complexity index is 720. The van der Waals surface area contributed by atoms with Crippen molar-refractivity contribution >= 4 is 17.0 Å². The summed E-state index contributed by atoms with van der Waals surface area (Å²) in [5.74, 6) is 1.82. The van der Waals surface area contributed by atoms with Crippen LogP contribution in [0.3, 0.4) is 0 Å². The van der Waals surface area contributed by atoms with Gasteiger partial charge in [-0.2, -0.15) is 0 Å². The van der Waals surface area contributed by atoms with Gasteiger partial charge in [-0.05, 0) is 32.0 Å². The van der Waals surface area contributed by atoms with Crippen LogP contribution >= 0.6 is 0 Å². The summed E-state index contributed by atoms with van der Waals surface area (Å²) in [5.41, 5.74) is 2.16. The molecule has 1 saturated heterocycles. The van der Waals surface area contributed by atoms with E-state index in [9.17, 15) is 0 Å². The number of morpholine rings is 1. The molecule has 0 spiro atoms. The highest BCUT2D eigenvalue weighted by atomic mass is 16.5. The lowest BCUT2D eigenvalue weighted by molar-refractivity contribution is 0.0376. The molecule has 1 aromatic heterocycles. The van der Waals surface area contributed by atoms with Crippen molar-refractivity contribution in [2.24, 2.45) is 12.0 Å². The Morgan fingerprint density at radius 3 is 2.81 bits per heavy atom. The van der Waals surface area contributed by atoms with Crippen LogP contribution < -0.4 is 10.6 Å². The number of fused-ring (bicyclic) bond motifs is 1. The van der Waals surface area contributed by atoms with Gasteiger partial charge in [-0.25, -0.2) is 9.98 Å². The Morgan fingerprint density at radius 1 is 1.23 bits per heavy atom. The molecule has 0 bridgehead atoms. The minimum atomic E-state index is 0.560. The van der Waals surface area contributed by atoms with Crippen LogP contribution in [0, 0.1) is 0 Å². The van der Waals surface area contributed by atoms with Gasteiger partial charge in [0.05, 0.1) is 24.2 Å². The smallest absolute Gasteiger partial charge is 0.191 e. The van der Waals surface area contributed by atoms with Crippen LogP contribution in [0.4, 0.5) is 0 Å². The Kier molecular flexibility index (Phi) is 6.85. The van der Waals surface area contributed by atoms with Crippen molar-refractivity contribution in [3.63, 3.8) is 0 Å². The van der Waals surface area contributed by atoms with Gasteiger partial charge >= 0.3 is 0 Å². The summed E-state index contributed by atoms with van der Waals surface area (Å²) in [6.07, 6.45) is 1.09. The van der Waals surface area contributed by atoms with E-state index in [4.69, 9.17) is 9.73 Å². The molecule has 26 heavy (non-hydrogen) atoms. The number of hydrogen-bond acceptors (Lipinski definition) is 4. The summed E-state index contributed by atoms with van der Waals surface area (Å²) in [7, 11) is 2.04. The first-order valence-corrected chi connectivity index (χ1v) is 9.50. The molecule has 0 unspecified atom stereocenters. The van der Waals surface area contributed by atoms with Crippen LogP contribution in [0.15, 0.2) is 29.3 Å². The van der Waals surface area contributed by atoms with Crippen molar-refractivity contribution in [1.29, 1.82) is 0 Å². The Morgan fingerprint density at radius 2 is 2.04 bits per heavy atom. The zero-order chi connectivity index (χ0) is 18.2. The molecule has 2 N–H and O–H groups in total. The van der Waals surface area contributed by atoms with E-state index in [-0.39, 0.29) is 0 Å². The zero-order valence-electron chi connectivity index (χ0n) is 15.9. The van der Waals surface area contributed by atoms with Crippen LogP contribution in [0.5, 0.6) is 0 Å². The van der Waals surface area contributed by atoms with Gasteiger partial charge in [0, 0.05) is 33.2 Å². The number of aromatic nitrogens is 2. The summed E-state index contributed by atoms with van der Waals surface area (Å²) < 4.78 is 7.50. The second kappa shape index (κ2) is 9.54. The molecule has 1 aromatic carbocycles. The number of rotatable bonds is 7. The third-order valence-electron chi connectivity index (χ3n) is 4.65. The number of aliphatic imine (C=N–C) groups is 1. The first kappa shape index (κ1) is 18.7. The van der Waals surface area contributed by atoms with E-state index in [0.717, 1.165) is 75.2 Å². The fourth-order valence-corrected chi connectivity index (χ4v) is 3.16. The number of hydrogen-bond donors (Lipinski definition) is 2. The molecule has 0 amide bonds. The highest BCUT2D eigenvalue weighted by molar-refractivity contribution is 5.80. The number of benzene rings is 1. The molecule has 1 aliphatic rings. The van der Waals surface area contributed by atoms with Crippen molar-refractivity contribution in [3.8, 4) is 0 Å². The normalized spacial score (nSPS) is 16.2. The van der Waals surface area contributed by atoms with E-state index in [1.54, 1.807) is 0 Å². The van der Waals surface area contributed by atoms with Gasteiger partial charge in [0.15, 0.2) is 5.96 Å². The lowest BCUT2D eigenvalue weighted by Crippen LogP contribution is -2.40. The molecule has 1 fully saturated rings. The lowest BCUT2D eigenvalue weighted by atomic mass is 10.3. The van der Waals surface area contributed by atoms with Gasteiger partial charge in [-0.15, -0.1) is 0 Å². The average molecular weight is 358 g/mol. The summed E-state index contributed by atoms with van der Waals surface area (Å²) in [6, 6.07) is 8.18. The second-order valence-corrected chi connectivity index (χ2v) is 6.51. The van der Waals surface area contributed by atoms with Crippen LogP contribution in [0.1, 0.15) is 19.2 Å². The molecular formula is C19H30N6O. The first-order valence-electron chi connectivity index (χ1n) is 9.50. The third-order valence-corrected chi connectivity index (χ3v) is 4.65. The Labute approximate surface area is 155 Å². The van der Waals surface area contributed by atoms with Gasteiger partial charge in [0.1, 0.15) is 12.4 Å². The number of aryl methyl sites for hydroxylation is 1. The highest BCUT2D eigenvalue weighted by Crippen LogP contribution is 2.14. The topological polar surface area (TPSA) is 66.7 Å². The zero-order valence-corrected chi connectivity index (χ0v) is 15.9. The minimum Gasteiger partial charge on any atom is -0.379 e. The third kappa shape index (κ3) is 4.95. The molecular weight excluding hydrogens is 328 g/mol. The monoisotopic (exact) mass is 358 g/mol. The maximum Gasteiger partial charge on any atom is 0.191 e. The molecule has 2 heterocycles. The number of ether oxygens (including phenoxy) is 1. The van der Waals surface area contributed by atoms with Crippen LogP contribution in [0.2, 0.25) is 0 Å². The van der Waals surface area contributed by atoms with E-state index in [0.29, 0.717) is 6.54 Å². The van der Waals surface area contributed by atoms with Crippen molar-refractivity contribution in [2.45, 2.75) is 19.9 Å². The molecule has 3 rings (SSSR count). The predicted molar refractivity (Wildman–Crippen MR) is 105 cm³/mol. The first-order chi connectivity index (χ1) is 12.8. The average Bonchev–Trinajstić information content (AvgIpc) is 3.00. The van der Waals surface area contributed by atoms with Crippen molar-refractivity contribution in [3.05, 3.63) is 30.1 Å². The van der Waals surface area contributed by atoms with E-state index >= 15 is 0 Å². The standard InChI is InChI=1S/C19H30N6O/c1-3-20-19(21-9-6-10-25-11-13-26-14-12-25)22-15-18-23-16-7-4-5-8-17(16)24(18)2/h4-5,7-8H,3,6,9-15H2,1-2H3,(H2,20,21,22). The fourth-order valence-electron chi connectivity index (χ4n) is 3.16. The Hall–Kier alpha value is -2.12. The number of nitrogens with zero attached hydrogens (tertiary/aromatic N) is 4. The predicted octanol–water partition coefficient (Wildman–Crippen LogP) is 1.35. The molecule has 2 aromatic rings. The van der Waals surface area contributed by atoms with Crippen LogP contribution in [0.25, 0.3) is 11.0 Å². The molecule has 0 aliphatic carbocycles. The molecule has 7 heteroatoms. The number of nitrogens with one attached hydrogen (secondary N) is 2. The maximum absolute atomic E-state index is 5.39. The second-order valence-electron chi connectivity index (χ2n) is 6.51. The SMILES string of the molecule is CCNC(=NCc1nc2ccccc2n1C)NCCCN1CCOCC1. The van der Waals surface area contributed by atoms with E-state index in [2.05, 4.69) is 38.1 Å². The van der Waals surface area contributed by atoms with Gasteiger partial charge < -0.3 is 19.9 Å². The molecule has 0 saturated carbocycles. The molecule has 142 valence electrons. The largest absolute Gasteiger partial charge is 0.379 e. The van der Waals surface area contributed by atoms with Crippen LogP contribution in [-0.2, 0) is 18.3 Å².